The predicted octanol–water partition coefficient (Wildman–Crippen LogP) is 5.05. The van der Waals surface area contributed by atoms with Crippen molar-refractivity contribution in [2.75, 3.05) is 33.2 Å². The van der Waals surface area contributed by atoms with Crippen molar-refractivity contribution in [1.29, 1.82) is 0 Å². The lowest BCUT2D eigenvalue weighted by molar-refractivity contribution is 0.266. The summed E-state index contributed by atoms with van der Waals surface area (Å²) in [4.78, 5) is 9.93. The zero-order valence-electron chi connectivity index (χ0n) is 17.1. The van der Waals surface area contributed by atoms with Crippen LogP contribution in [0.4, 0.5) is 0 Å². The Labute approximate surface area is 181 Å². The Hall–Kier alpha value is -2.60. The van der Waals surface area contributed by atoms with Gasteiger partial charge < -0.3 is 13.7 Å². The molecule has 1 aliphatic heterocycles. The molecule has 3 aromatic heterocycles. The van der Waals surface area contributed by atoms with Gasteiger partial charge in [-0.15, -0.1) is 0 Å². The van der Waals surface area contributed by atoms with Gasteiger partial charge in [-0.05, 0) is 63.0 Å². The van der Waals surface area contributed by atoms with Gasteiger partial charge in [0, 0.05) is 42.0 Å². The van der Waals surface area contributed by atoms with E-state index in [-0.39, 0.29) is 0 Å². The van der Waals surface area contributed by atoms with Gasteiger partial charge in [-0.25, -0.2) is 4.98 Å². The maximum absolute atomic E-state index is 6.13. The summed E-state index contributed by atoms with van der Waals surface area (Å²) >= 11 is 6.13. The fourth-order valence-corrected chi connectivity index (χ4v) is 4.27. The van der Waals surface area contributed by atoms with Gasteiger partial charge in [0.25, 0.3) is 0 Å². The molecule has 0 spiro atoms. The molecule has 1 saturated heterocycles. The molecule has 30 heavy (non-hydrogen) atoms. The molecule has 1 aliphatic rings. The molecule has 4 aromatic rings. The van der Waals surface area contributed by atoms with Crippen LogP contribution >= 0.6 is 11.6 Å². The number of imidazole rings is 1. The summed E-state index contributed by atoms with van der Waals surface area (Å²) < 4.78 is 7.85. The van der Waals surface area contributed by atoms with Gasteiger partial charge in [-0.1, -0.05) is 23.7 Å². The van der Waals surface area contributed by atoms with Crippen LogP contribution in [0.1, 0.15) is 12.1 Å². The number of furan rings is 1. The van der Waals surface area contributed by atoms with E-state index in [4.69, 9.17) is 21.0 Å². The Balaban J connectivity index is 1.60. The van der Waals surface area contributed by atoms with Crippen molar-refractivity contribution in [3.63, 3.8) is 0 Å². The first kappa shape index (κ1) is 19.4. The maximum Gasteiger partial charge on any atom is 0.137 e. The molecule has 6 heteroatoms. The van der Waals surface area contributed by atoms with E-state index in [0.717, 1.165) is 66.0 Å². The second-order valence-corrected chi connectivity index (χ2v) is 8.41. The minimum atomic E-state index is 0.736. The summed E-state index contributed by atoms with van der Waals surface area (Å²) in [5.74, 6) is 0.862. The highest BCUT2D eigenvalue weighted by Gasteiger charge is 2.20. The van der Waals surface area contributed by atoms with Crippen LogP contribution in [0.5, 0.6) is 0 Å². The SMILES string of the molecule is CN1CCCN(Cc2c(-c3ccc(Cl)cc3)nc3ccc(-c4ccco4)cn23)CC1. The van der Waals surface area contributed by atoms with Crippen molar-refractivity contribution < 1.29 is 4.42 Å². The Bertz CT molecular complexity index is 1130. The highest BCUT2D eigenvalue weighted by Crippen LogP contribution is 2.29. The number of halogens is 1. The summed E-state index contributed by atoms with van der Waals surface area (Å²) in [6.45, 7) is 5.24. The van der Waals surface area contributed by atoms with Crippen LogP contribution in [0.3, 0.4) is 0 Å². The first-order chi connectivity index (χ1) is 14.7. The number of likely N-dealkylation sites (N-methyl/N-ethyl adjacent to an activating group) is 1. The van der Waals surface area contributed by atoms with E-state index in [9.17, 15) is 0 Å². The summed E-state index contributed by atoms with van der Waals surface area (Å²) in [7, 11) is 2.20. The monoisotopic (exact) mass is 420 g/mol. The molecule has 154 valence electrons. The number of pyridine rings is 1. The smallest absolute Gasteiger partial charge is 0.137 e. The lowest BCUT2D eigenvalue weighted by Gasteiger charge is -2.20. The molecule has 5 rings (SSSR count). The lowest BCUT2D eigenvalue weighted by Crippen LogP contribution is -2.29. The third-order valence-electron chi connectivity index (χ3n) is 5.83. The first-order valence-corrected chi connectivity index (χ1v) is 10.8. The highest BCUT2D eigenvalue weighted by atomic mass is 35.5. The molecule has 1 aromatic carbocycles. The fraction of sp³-hybridized carbons (Fsp3) is 0.292. The Morgan fingerprint density at radius 1 is 0.967 bits per heavy atom. The Morgan fingerprint density at radius 3 is 2.60 bits per heavy atom. The number of nitrogens with zero attached hydrogens (tertiary/aromatic N) is 4. The highest BCUT2D eigenvalue weighted by molar-refractivity contribution is 6.30. The Kier molecular flexibility index (Phi) is 5.34. The number of aromatic nitrogens is 2. The molecule has 0 amide bonds. The van der Waals surface area contributed by atoms with E-state index in [2.05, 4.69) is 51.7 Å². The quantitative estimate of drug-likeness (QED) is 0.463. The molecule has 0 unspecified atom stereocenters. The number of hydrogen-bond acceptors (Lipinski definition) is 4. The molecule has 0 N–H and O–H groups in total. The topological polar surface area (TPSA) is 36.9 Å². The number of fused-ring (bicyclic) bond motifs is 1. The molecule has 0 atom stereocenters. The molecule has 0 aliphatic carbocycles. The zero-order valence-corrected chi connectivity index (χ0v) is 17.8. The molecule has 0 saturated carbocycles. The van der Waals surface area contributed by atoms with Crippen molar-refractivity contribution in [1.82, 2.24) is 19.2 Å². The van der Waals surface area contributed by atoms with Crippen molar-refractivity contribution >= 4 is 17.2 Å². The standard InChI is InChI=1S/C24H25ClN4O/c1-27-11-3-12-28(14-13-27)17-21-24(18-5-8-20(25)9-6-18)26-23-10-7-19(16-29(21)23)22-4-2-15-30-22/h2,4-10,15-16H,3,11-14,17H2,1H3. The Morgan fingerprint density at radius 2 is 1.80 bits per heavy atom. The molecule has 0 bridgehead atoms. The lowest BCUT2D eigenvalue weighted by atomic mass is 10.1. The minimum Gasteiger partial charge on any atom is -0.464 e. The number of rotatable bonds is 4. The minimum absolute atomic E-state index is 0.736. The number of hydrogen-bond donors (Lipinski definition) is 0. The normalized spacial score (nSPS) is 16.2. The van der Waals surface area contributed by atoms with Gasteiger partial charge in [-0.3, -0.25) is 4.90 Å². The first-order valence-electron chi connectivity index (χ1n) is 10.4. The van der Waals surface area contributed by atoms with Gasteiger partial charge in [-0.2, -0.15) is 0 Å². The third kappa shape index (κ3) is 3.88. The summed E-state index contributed by atoms with van der Waals surface area (Å²) in [5, 5.41) is 0.736. The average Bonchev–Trinajstić information content (AvgIpc) is 3.35. The van der Waals surface area contributed by atoms with Crippen LogP contribution in [-0.4, -0.2) is 52.4 Å². The van der Waals surface area contributed by atoms with E-state index in [0.29, 0.717) is 0 Å². The number of benzene rings is 1. The molecular weight excluding hydrogens is 396 g/mol. The van der Waals surface area contributed by atoms with E-state index >= 15 is 0 Å². The van der Waals surface area contributed by atoms with Crippen LogP contribution in [0.25, 0.3) is 28.2 Å². The van der Waals surface area contributed by atoms with Crippen molar-refractivity contribution in [2.45, 2.75) is 13.0 Å². The predicted molar refractivity (Wildman–Crippen MR) is 121 cm³/mol. The van der Waals surface area contributed by atoms with Crippen LogP contribution in [0.15, 0.2) is 65.4 Å². The molecule has 0 radical (unpaired) electrons. The van der Waals surface area contributed by atoms with E-state index in [1.165, 1.54) is 12.1 Å². The second kappa shape index (κ2) is 8.26. The fourth-order valence-electron chi connectivity index (χ4n) is 4.14. The third-order valence-corrected chi connectivity index (χ3v) is 6.08. The van der Waals surface area contributed by atoms with E-state index < -0.39 is 0 Å². The molecular formula is C24H25ClN4O. The van der Waals surface area contributed by atoms with Crippen LogP contribution in [0, 0.1) is 0 Å². The van der Waals surface area contributed by atoms with Crippen LogP contribution in [0.2, 0.25) is 5.02 Å². The van der Waals surface area contributed by atoms with Gasteiger partial charge in [0.05, 0.1) is 17.7 Å². The van der Waals surface area contributed by atoms with Gasteiger partial charge in [0.2, 0.25) is 0 Å². The summed E-state index contributed by atoms with van der Waals surface area (Å²) in [6, 6.07) is 16.0. The average molecular weight is 421 g/mol. The molecule has 1 fully saturated rings. The van der Waals surface area contributed by atoms with Crippen LogP contribution in [-0.2, 0) is 6.54 Å². The van der Waals surface area contributed by atoms with E-state index in [1.54, 1.807) is 6.26 Å². The summed E-state index contributed by atoms with van der Waals surface area (Å²) in [6.07, 6.45) is 5.03. The van der Waals surface area contributed by atoms with Gasteiger partial charge in [0.15, 0.2) is 0 Å². The summed E-state index contributed by atoms with van der Waals surface area (Å²) in [5.41, 5.74) is 5.29. The largest absolute Gasteiger partial charge is 0.464 e. The zero-order chi connectivity index (χ0) is 20.5. The van der Waals surface area contributed by atoms with E-state index in [1.807, 2.05) is 24.3 Å². The molecule has 4 heterocycles. The van der Waals surface area contributed by atoms with Crippen molar-refractivity contribution in [3.8, 4) is 22.6 Å². The second-order valence-electron chi connectivity index (χ2n) is 7.97. The van der Waals surface area contributed by atoms with Gasteiger partial charge in [0.1, 0.15) is 11.4 Å². The van der Waals surface area contributed by atoms with Crippen molar-refractivity contribution in [2.24, 2.45) is 0 Å². The van der Waals surface area contributed by atoms with Crippen molar-refractivity contribution in [3.05, 3.63) is 71.7 Å². The van der Waals surface area contributed by atoms with Gasteiger partial charge >= 0.3 is 0 Å². The maximum atomic E-state index is 6.13. The van der Waals surface area contributed by atoms with Crippen LogP contribution < -0.4 is 0 Å². The molecule has 5 nitrogen and oxygen atoms in total.